The van der Waals surface area contributed by atoms with Crippen LogP contribution >= 0.6 is 11.6 Å². The van der Waals surface area contributed by atoms with Crippen molar-refractivity contribution in [3.05, 3.63) is 0 Å². The van der Waals surface area contributed by atoms with Gasteiger partial charge in [0.05, 0.1) is 5.41 Å². The Morgan fingerprint density at radius 2 is 1.82 bits per heavy atom. The molecule has 0 aliphatic heterocycles. The molecular formula is C15H21ClN2O4. The van der Waals surface area contributed by atoms with Crippen LogP contribution in [0.3, 0.4) is 0 Å². The zero-order valence-electron chi connectivity index (χ0n) is 12.6. The summed E-state index contributed by atoms with van der Waals surface area (Å²) in [4.78, 5) is 34.7. The third-order valence-electron chi connectivity index (χ3n) is 5.32. The van der Waals surface area contributed by atoms with Crippen LogP contribution < -0.4 is 11.1 Å². The van der Waals surface area contributed by atoms with Gasteiger partial charge in [-0.25, -0.2) is 4.79 Å². The molecule has 4 fully saturated rings. The van der Waals surface area contributed by atoms with Crippen LogP contribution in [0.2, 0.25) is 0 Å². The molecule has 0 spiro atoms. The number of nitrogens with two attached hydrogens (primary N) is 1. The summed E-state index contributed by atoms with van der Waals surface area (Å²) in [7, 11) is 0. The van der Waals surface area contributed by atoms with E-state index in [-0.39, 0.29) is 10.8 Å². The number of esters is 1. The number of hydrogen-bond donors (Lipinski definition) is 2. The second-order valence-electron chi connectivity index (χ2n) is 7.29. The van der Waals surface area contributed by atoms with Crippen molar-refractivity contribution in [1.29, 1.82) is 0 Å². The van der Waals surface area contributed by atoms with Gasteiger partial charge in [-0.05, 0) is 57.3 Å². The highest BCUT2D eigenvalue weighted by Crippen LogP contribution is 2.64. The maximum atomic E-state index is 12.7. The molecule has 4 aliphatic carbocycles. The molecule has 7 heteroatoms. The monoisotopic (exact) mass is 328 g/mol. The second-order valence-corrected chi connectivity index (χ2v) is 8.10. The van der Waals surface area contributed by atoms with Crippen LogP contribution in [-0.2, 0) is 14.3 Å². The second kappa shape index (κ2) is 5.11. The van der Waals surface area contributed by atoms with E-state index in [2.05, 4.69) is 0 Å². The van der Waals surface area contributed by atoms with Gasteiger partial charge in [0.25, 0.3) is 5.91 Å². The molecule has 122 valence electrons. The number of primary amides is 1. The van der Waals surface area contributed by atoms with E-state index in [1.54, 1.807) is 0 Å². The fourth-order valence-corrected chi connectivity index (χ4v) is 5.64. The van der Waals surface area contributed by atoms with Crippen molar-refractivity contribution in [2.24, 2.45) is 23.0 Å². The summed E-state index contributed by atoms with van der Waals surface area (Å²) in [5, 5.41) is 1.93. The number of nitrogens with one attached hydrogen (secondary N) is 1. The Hall–Kier alpha value is -1.30. The molecule has 0 heterocycles. The SMILES string of the molecule is CC(OC(=O)C12CC3CC(CC(Cl)(C3)C1)C2)C(=O)NC(N)=O. The number of carbonyl (C=O) groups excluding carboxylic acids is 3. The van der Waals surface area contributed by atoms with Crippen molar-refractivity contribution in [3.63, 3.8) is 0 Å². The van der Waals surface area contributed by atoms with E-state index in [1.165, 1.54) is 6.92 Å². The molecule has 0 saturated heterocycles. The van der Waals surface area contributed by atoms with Gasteiger partial charge in [0, 0.05) is 4.87 Å². The Morgan fingerprint density at radius 3 is 2.32 bits per heavy atom. The number of hydrogen-bond acceptors (Lipinski definition) is 4. The molecule has 4 bridgehead atoms. The molecule has 3 atom stereocenters. The van der Waals surface area contributed by atoms with Crippen LogP contribution in [0, 0.1) is 17.3 Å². The fraction of sp³-hybridized carbons (Fsp3) is 0.800. The van der Waals surface area contributed by atoms with Crippen LogP contribution in [-0.4, -0.2) is 28.9 Å². The van der Waals surface area contributed by atoms with E-state index >= 15 is 0 Å². The molecular weight excluding hydrogens is 308 g/mol. The number of alkyl halides is 1. The quantitative estimate of drug-likeness (QED) is 0.608. The maximum absolute atomic E-state index is 12.7. The van der Waals surface area contributed by atoms with Crippen molar-refractivity contribution in [3.8, 4) is 0 Å². The van der Waals surface area contributed by atoms with Crippen LogP contribution in [0.25, 0.3) is 0 Å². The summed E-state index contributed by atoms with van der Waals surface area (Å²) in [6.07, 6.45) is 4.25. The summed E-state index contributed by atoms with van der Waals surface area (Å²) >= 11 is 6.68. The van der Waals surface area contributed by atoms with Gasteiger partial charge >= 0.3 is 12.0 Å². The van der Waals surface area contributed by atoms with E-state index in [1.807, 2.05) is 5.32 Å². The fourth-order valence-electron chi connectivity index (χ4n) is 4.95. The third kappa shape index (κ3) is 2.69. The highest BCUT2D eigenvalue weighted by molar-refractivity contribution is 6.24. The largest absolute Gasteiger partial charge is 0.452 e. The number of urea groups is 1. The zero-order valence-corrected chi connectivity index (χ0v) is 13.3. The molecule has 3 amide bonds. The maximum Gasteiger partial charge on any atom is 0.318 e. The number of carbonyl (C=O) groups is 3. The molecule has 4 rings (SSSR count). The predicted octanol–water partition coefficient (Wildman–Crippen LogP) is 1.69. The van der Waals surface area contributed by atoms with E-state index in [4.69, 9.17) is 22.1 Å². The first-order valence-corrected chi connectivity index (χ1v) is 8.09. The Labute approximate surface area is 134 Å². The minimum atomic E-state index is -1.04. The molecule has 6 nitrogen and oxygen atoms in total. The van der Waals surface area contributed by atoms with Crippen molar-refractivity contribution >= 4 is 29.5 Å². The van der Waals surface area contributed by atoms with Gasteiger partial charge in [-0.2, -0.15) is 0 Å². The molecule has 4 aliphatic rings. The van der Waals surface area contributed by atoms with Crippen LogP contribution in [0.4, 0.5) is 4.79 Å². The first-order chi connectivity index (χ1) is 10.2. The molecule has 3 unspecified atom stereocenters. The lowest BCUT2D eigenvalue weighted by Crippen LogP contribution is -2.57. The summed E-state index contributed by atoms with van der Waals surface area (Å²) < 4.78 is 5.33. The predicted molar refractivity (Wildman–Crippen MR) is 79.0 cm³/mol. The molecule has 0 aromatic rings. The lowest BCUT2D eigenvalue weighted by atomic mass is 9.49. The molecule has 3 N–H and O–H groups in total. The van der Waals surface area contributed by atoms with Gasteiger partial charge in [-0.15, -0.1) is 11.6 Å². The van der Waals surface area contributed by atoms with Crippen molar-refractivity contribution < 1.29 is 19.1 Å². The van der Waals surface area contributed by atoms with Crippen LogP contribution in [0.1, 0.15) is 45.4 Å². The average Bonchev–Trinajstić information content (AvgIpc) is 2.34. The average molecular weight is 329 g/mol. The molecule has 4 saturated carbocycles. The Bertz CT molecular complexity index is 522. The van der Waals surface area contributed by atoms with E-state index in [0.29, 0.717) is 18.3 Å². The lowest BCUT2D eigenvalue weighted by molar-refractivity contribution is -0.177. The summed E-state index contributed by atoms with van der Waals surface area (Å²) in [5.41, 5.74) is 4.33. The van der Waals surface area contributed by atoms with Crippen molar-refractivity contribution in [1.82, 2.24) is 5.32 Å². The first-order valence-electron chi connectivity index (χ1n) is 7.72. The topological polar surface area (TPSA) is 98.5 Å². The minimum absolute atomic E-state index is 0.290. The standard InChI is InChI=1S/C15H21ClN2O4/c1-8(11(19)18-13(17)21)22-12(20)14-3-9-2-10(4-14)6-15(16,5-9)7-14/h8-10H,2-7H2,1H3,(H3,17,18,19,21). The summed E-state index contributed by atoms with van der Waals surface area (Å²) in [5.74, 6) is -0.119. The Kier molecular flexibility index (Phi) is 3.62. The van der Waals surface area contributed by atoms with E-state index < -0.39 is 23.5 Å². The Balaban J connectivity index is 1.70. The van der Waals surface area contributed by atoms with Gasteiger partial charge in [0.1, 0.15) is 0 Å². The normalized spacial score (nSPS) is 40.1. The molecule has 22 heavy (non-hydrogen) atoms. The number of imide groups is 1. The first kappa shape index (κ1) is 15.6. The zero-order chi connectivity index (χ0) is 16.1. The Morgan fingerprint density at radius 1 is 1.23 bits per heavy atom. The number of halogens is 1. The van der Waals surface area contributed by atoms with Crippen LogP contribution in [0.5, 0.6) is 0 Å². The minimum Gasteiger partial charge on any atom is -0.452 e. The summed E-state index contributed by atoms with van der Waals surface area (Å²) in [6, 6.07) is -0.956. The lowest BCUT2D eigenvalue weighted by Gasteiger charge is -2.58. The van der Waals surface area contributed by atoms with Gasteiger partial charge in [0.15, 0.2) is 6.10 Å². The van der Waals surface area contributed by atoms with E-state index in [9.17, 15) is 14.4 Å². The highest BCUT2D eigenvalue weighted by atomic mass is 35.5. The van der Waals surface area contributed by atoms with Gasteiger partial charge < -0.3 is 10.5 Å². The van der Waals surface area contributed by atoms with Gasteiger partial charge in [-0.1, -0.05) is 0 Å². The number of amides is 3. The van der Waals surface area contributed by atoms with Crippen molar-refractivity contribution in [2.45, 2.75) is 56.4 Å². The molecule has 0 radical (unpaired) electrons. The van der Waals surface area contributed by atoms with E-state index in [0.717, 1.165) is 32.1 Å². The van der Waals surface area contributed by atoms with Gasteiger partial charge in [0.2, 0.25) is 0 Å². The number of ether oxygens (including phenoxy) is 1. The highest BCUT2D eigenvalue weighted by Gasteiger charge is 2.61. The number of rotatable bonds is 3. The smallest absolute Gasteiger partial charge is 0.318 e. The van der Waals surface area contributed by atoms with Crippen LogP contribution in [0.15, 0.2) is 0 Å². The summed E-state index contributed by atoms with van der Waals surface area (Å²) in [6.45, 7) is 1.44. The molecule has 0 aromatic heterocycles. The van der Waals surface area contributed by atoms with Gasteiger partial charge in [-0.3, -0.25) is 14.9 Å². The van der Waals surface area contributed by atoms with Crippen molar-refractivity contribution in [2.75, 3.05) is 0 Å². The third-order valence-corrected chi connectivity index (χ3v) is 5.76. The molecule has 0 aromatic carbocycles.